The second-order valence-corrected chi connectivity index (χ2v) is 4.92. The number of hydrogen-bond donors (Lipinski definition) is 1. The number of pyridine rings is 1. The highest BCUT2D eigenvalue weighted by Gasteiger charge is 2.06. The summed E-state index contributed by atoms with van der Waals surface area (Å²) in [5.41, 5.74) is 7.47. The van der Waals surface area contributed by atoms with Crippen LogP contribution in [-0.2, 0) is 11.3 Å². The molecule has 1 aromatic carbocycles. The Morgan fingerprint density at radius 1 is 1.35 bits per heavy atom. The Morgan fingerprint density at radius 2 is 2.15 bits per heavy atom. The van der Waals surface area contributed by atoms with Crippen LogP contribution in [0.1, 0.15) is 16.1 Å². The number of nitrogen functional groups attached to an aromatic ring is 1. The fraction of sp³-hybridized carbons (Fsp3) is 0.143. The molecule has 0 aliphatic carbocycles. The molecule has 0 radical (unpaired) electrons. The third-order valence-electron chi connectivity index (χ3n) is 2.59. The van der Waals surface area contributed by atoms with E-state index in [1.165, 1.54) is 13.3 Å². The molecule has 5 nitrogen and oxygen atoms in total. The molecule has 0 aliphatic heterocycles. The van der Waals surface area contributed by atoms with Gasteiger partial charge in [0.2, 0.25) is 0 Å². The molecular weight excluding hydrogens is 324 g/mol. The van der Waals surface area contributed by atoms with Gasteiger partial charge < -0.3 is 15.2 Å². The van der Waals surface area contributed by atoms with E-state index in [1.807, 2.05) is 6.07 Å². The van der Waals surface area contributed by atoms with Crippen molar-refractivity contribution in [2.75, 3.05) is 12.8 Å². The average molecular weight is 337 g/mol. The number of benzene rings is 1. The van der Waals surface area contributed by atoms with E-state index in [0.29, 0.717) is 22.7 Å². The molecular formula is C14H13BrN2O3. The number of hydrogen-bond acceptors (Lipinski definition) is 5. The van der Waals surface area contributed by atoms with Crippen LogP contribution in [-0.4, -0.2) is 18.1 Å². The molecule has 0 atom stereocenters. The number of halogens is 1. The largest absolute Gasteiger partial charge is 0.485 e. The number of ether oxygens (including phenoxy) is 2. The lowest BCUT2D eigenvalue weighted by Crippen LogP contribution is -2.04. The van der Waals surface area contributed by atoms with Crippen molar-refractivity contribution in [1.82, 2.24) is 4.98 Å². The number of carbonyl (C=O) groups excluding carboxylic acids is 1. The molecule has 104 valence electrons. The molecule has 20 heavy (non-hydrogen) atoms. The lowest BCUT2D eigenvalue weighted by atomic mass is 10.2. The zero-order valence-corrected chi connectivity index (χ0v) is 12.4. The van der Waals surface area contributed by atoms with Crippen LogP contribution in [0.2, 0.25) is 0 Å². The van der Waals surface area contributed by atoms with Gasteiger partial charge in [0.25, 0.3) is 0 Å². The first-order chi connectivity index (χ1) is 9.60. The average Bonchev–Trinajstić information content (AvgIpc) is 2.46. The number of aromatic nitrogens is 1. The van der Waals surface area contributed by atoms with E-state index in [0.717, 1.165) is 4.47 Å². The minimum Gasteiger partial charge on any atom is -0.485 e. The lowest BCUT2D eigenvalue weighted by molar-refractivity contribution is 0.0600. The lowest BCUT2D eigenvalue weighted by Gasteiger charge is -2.09. The molecule has 2 N–H and O–H groups in total. The van der Waals surface area contributed by atoms with Crippen molar-refractivity contribution in [3.8, 4) is 5.75 Å². The Balaban J connectivity index is 2.02. The second kappa shape index (κ2) is 6.38. The van der Waals surface area contributed by atoms with Crippen LogP contribution >= 0.6 is 15.9 Å². The summed E-state index contributed by atoms with van der Waals surface area (Å²) < 4.78 is 11.1. The standard InChI is InChI=1S/C14H13BrN2O3/c1-19-14(18)9-2-4-11(17-7-9)8-20-13-5-3-10(15)6-12(13)16/h2-7H,8,16H2,1H3. The fourth-order valence-corrected chi connectivity index (χ4v) is 1.93. The summed E-state index contributed by atoms with van der Waals surface area (Å²) in [6, 6.07) is 8.74. The molecule has 0 unspecified atom stereocenters. The minimum absolute atomic E-state index is 0.271. The molecule has 1 aromatic heterocycles. The van der Waals surface area contributed by atoms with Gasteiger partial charge in [-0.25, -0.2) is 4.79 Å². The van der Waals surface area contributed by atoms with Crippen molar-refractivity contribution < 1.29 is 14.3 Å². The first-order valence-electron chi connectivity index (χ1n) is 5.81. The van der Waals surface area contributed by atoms with Gasteiger partial charge in [-0.05, 0) is 30.3 Å². The van der Waals surface area contributed by atoms with Crippen molar-refractivity contribution in [2.45, 2.75) is 6.61 Å². The molecule has 1 heterocycles. The number of anilines is 1. The predicted molar refractivity (Wildman–Crippen MR) is 78.5 cm³/mol. The normalized spacial score (nSPS) is 10.1. The maximum atomic E-state index is 11.3. The summed E-state index contributed by atoms with van der Waals surface area (Å²) in [5, 5.41) is 0. The third-order valence-corrected chi connectivity index (χ3v) is 3.09. The van der Waals surface area contributed by atoms with E-state index < -0.39 is 5.97 Å². The molecule has 0 saturated heterocycles. The van der Waals surface area contributed by atoms with Gasteiger partial charge in [-0.15, -0.1) is 0 Å². The Hall–Kier alpha value is -2.08. The summed E-state index contributed by atoms with van der Waals surface area (Å²) in [6.45, 7) is 0.271. The number of esters is 1. The predicted octanol–water partition coefficient (Wildman–Crippen LogP) is 2.79. The Bertz CT molecular complexity index is 614. The summed E-state index contributed by atoms with van der Waals surface area (Å²) in [4.78, 5) is 15.4. The van der Waals surface area contributed by atoms with E-state index >= 15 is 0 Å². The number of methoxy groups -OCH3 is 1. The van der Waals surface area contributed by atoms with Crippen molar-refractivity contribution in [2.24, 2.45) is 0 Å². The highest BCUT2D eigenvalue weighted by atomic mass is 79.9. The van der Waals surface area contributed by atoms with Gasteiger partial charge in [-0.3, -0.25) is 4.98 Å². The molecule has 0 aliphatic rings. The van der Waals surface area contributed by atoms with Gasteiger partial charge in [0.05, 0.1) is 24.1 Å². The molecule has 0 spiro atoms. The van der Waals surface area contributed by atoms with Crippen LogP contribution in [0.4, 0.5) is 5.69 Å². The van der Waals surface area contributed by atoms with E-state index in [2.05, 4.69) is 25.7 Å². The van der Waals surface area contributed by atoms with E-state index in [4.69, 9.17) is 10.5 Å². The summed E-state index contributed by atoms with van der Waals surface area (Å²) in [5.74, 6) is 0.175. The number of carbonyl (C=O) groups is 1. The first-order valence-corrected chi connectivity index (χ1v) is 6.60. The van der Waals surface area contributed by atoms with Crippen LogP contribution in [0.15, 0.2) is 41.0 Å². The monoisotopic (exact) mass is 336 g/mol. The number of rotatable bonds is 4. The fourth-order valence-electron chi connectivity index (χ4n) is 1.55. The van der Waals surface area contributed by atoms with E-state index in [1.54, 1.807) is 24.3 Å². The van der Waals surface area contributed by atoms with Crippen molar-refractivity contribution in [3.05, 3.63) is 52.3 Å². The SMILES string of the molecule is COC(=O)c1ccc(COc2ccc(Br)cc2N)nc1. The quantitative estimate of drug-likeness (QED) is 0.686. The van der Waals surface area contributed by atoms with Crippen molar-refractivity contribution >= 4 is 27.6 Å². The molecule has 0 bridgehead atoms. The van der Waals surface area contributed by atoms with Crippen LogP contribution in [0.25, 0.3) is 0 Å². The zero-order chi connectivity index (χ0) is 14.5. The summed E-state index contributed by atoms with van der Waals surface area (Å²) in [6.07, 6.45) is 1.45. The first kappa shape index (κ1) is 14.3. The van der Waals surface area contributed by atoms with Crippen LogP contribution in [0.5, 0.6) is 5.75 Å². The minimum atomic E-state index is -0.415. The molecule has 0 fully saturated rings. The number of nitrogens with two attached hydrogens (primary N) is 1. The van der Waals surface area contributed by atoms with Gasteiger partial charge in [0.1, 0.15) is 12.4 Å². The van der Waals surface area contributed by atoms with Crippen LogP contribution < -0.4 is 10.5 Å². The molecule has 2 rings (SSSR count). The van der Waals surface area contributed by atoms with Gasteiger partial charge in [-0.2, -0.15) is 0 Å². The topological polar surface area (TPSA) is 74.4 Å². The molecule has 2 aromatic rings. The highest BCUT2D eigenvalue weighted by Crippen LogP contribution is 2.25. The van der Waals surface area contributed by atoms with Gasteiger partial charge >= 0.3 is 5.97 Å². The second-order valence-electron chi connectivity index (χ2n) is 4.00. The van der Waals surface area contributed by atoms with E-state index in [9.17, 15) is 4.79 Å². The zero-order valence-electron chi connectivity index (χ0n) is 10.8. The highest BCUT2D eigenvalue weighted by molar-refractivity contribution is 9.10. The van der Waals surface area contributed by atoms with Crippen LogP contribution in [0, 0.1) is 0 Å². The van der Waals surface area contributed by atoms with Gasteiger partial charge in [0.15, 0.2) is 0 Å². The Morgan fingerprint density at radius 3 is 2.75 bits per heavy atom. The third kappa shape index (κ3) is 3.48. The number of nitrogens with zero attached hydrogens (tertiary/aromatic N) is 1. The van der Waals surface area contributed by atoms with Gasteiger partial charge in [0, 0.05) is 10.7 Å². The molecule has 6 heteroatoms. The molecule has 0 saturated carbocycles. The van der Waals surface area contributed by atoms with Crippen molar-refractivity contribution in [1.29, 1.82) is 0 Å². The maximum absolute atomic E-state index is 11.3. The molecule has 0 amide bonds. The van der Waals surface area contributed by atoms with Crippen molar-refractivity contribution in [3.63, 3.8) is 0 Å². The van der Waals surface area contributed by atoms with Crippen LogP contribution in [0.3, 0.4) is 0 Å². The van der Waals surface area contributed by atoms with E-state index in [-0.39, 0.29) is 6.61 Å². The summed E-state index contributed by atoms with van der Waals surface area (Å²) >= 11 is 3.33. The van der Waals surface area contributed by atoms with Gasteiger partial charge in [-0.1, -0.05) is 15.9 Å². The Labute approximate surface area is 124 Å². The smallest absolute Gasteiger partial charge is 0.339 e. The maximum Gasteiger partial charge on any atom is 0.339 e. The Kier molecular flexibility index (Phi) is 4.57. The summed E-state index contributed by atoms with van der Waals surface area (Å²) in [7, 11) is 1.33.